The second kappa shape index (κ2) is 4.95. The third kappa shape index (κ3) is 2.43. The van der Waals surface area contributed by atoms with Crippen LogP contribution in [-0.4, -0.2) is 29.0 Å². The van der Waals surface area contributed by atoms with Crippen molar-refractivity contribution in [2.45, 2.75) is 31.7 Å². The molecule has 0 aliphatic carbocycles. The molecule has 0 unspecified atom stereocenters. The van der Waals surface area contributed by atoms with Gasteiger partial charge in [0.25, 0.3) is 0 Å². The van der Waals surface area contributed by atoms with Crippen LogP contribution in [0.25, 0.3) is 0 Å². The molecule has 0 radical (unpaired) electrons. The quantitative estimate of drug-likeness (QED) is 0.742. The van der Waals surface area contributed by atoms with Crippen LogP contribution in [0.1, 0.15) is 25.0 Å². The minimum atomic E-state index is -0.483. The molecule has 0 bridgehead atoms. The van der Waals surface area contributed by atoms with Crippen molar-refractivity contribution in [1.29, 1.82) is 0 Å². The summed E-state index contributed by atoms with van der Waals surface area (Å²) in [5.74, 6) is 0.0670. The summed E-state index contributed by atoms with van der Waals surface area (Å²) in [4.78, 5) is 0. The molecule has 4 atom stereocenters. The van der Waals surface area contributed by atoms with Gasteiger partial charge in [0.2, 0.25) is 0 Å². The Morgan fingerprint density at radius 3 is 2.62 bits per heavy atom. The van der Waals surface area contributed by atoms with Crippen LogP contribution < -0.4 is 0 Å². The fourth-order valence-electron chi connectivity index (χ4n) is 2.05. The maximum Gasteiger partial charge on any atom is 0.110 e. The van der Waals surface area contributed by atoms with Crippen molar-refractivity contribution in [3.8, 4) is 0 Å². The minimum absolute atomic E-state index is 0.0221. The summed E-state index contributed by atoms with van der Waals surface area (Å²) in [6, 6.07) is 10.0. The van der Waals surface area contributed by atoms with Crippen molar-refractivity contribution >= 4 is 0 Å². The molecule has 1 aliphatic heterocycles. The first-order valence-electron chi connectivity index (χ1n) is 5.73. The number of rotatable bonds is 5. The van der Waals surface area contributed by atoms with Gasteiger partial charge in [-0.3, -0.25) is 0 Å². The average Bonchev–Trinajstić information content (AvgIpc) is 3.09. The van der Waals surface area contributed by atoms with Gasteiger partial charge in [-0.1, -0.05) is 37.3 Å². The minimum Gasteiger partial charge on any atom is -0.396 e. The number of aliphatic hydroxyl groups excluding tert-OH is 2. The summed E-state index contributed by atoms with van der Waals surface area (Å²) in [5, 5.41) is 18.5. The molecular weight excluding hydrogens is 204 g/mol. The van der Waals surface area contributed by atoms with Crippen molar-refractivity contribution in [3.63, 3.8) is 0 Å². The van der Waals surface area contributed by atoms with Gasteiger partial charge in [-0.15, -0.1) is 0 Å². The highest BCUT2D eigenvalue weighted by Crippen LogP contribution is 2.44. The molecule has 1 heterocycles. The third-order valence-corrected chi connectivity index (χ3v) is 3.20. The van der Waals surface area contributed by atoms with E-state index in [2.05, 4.69) is 0 Å². The van der Waals surface area contributed by atoms with E-state index in [1.807, 2.05) is 37.3 Å². The first-order valence-corrected chi connectivity index (χ1v) is 5.73. The standard InChI is InChI=1S/C13H18O3/c1-9(11(15)7-8-14)12-13(16-12)10-5-3-2-4-6-10/h2-6,9,11-15H,7-8H2,1H3/t9-,11+,12-,13-/m1/s1. The summed E-state index contributed by atoms with van der Waals surface area (Å²) in [6.45, 7) is 1.99. The predicted octanol–water partition coefficient (Wildman–Crippen LogP) is 1.51. The number of aliphatic hydroxyl groups is 2. The van der Waals surface area contributed by atoms with E-state index in [0.29, 0.717) is 6.42 Å². The van der Waals surface area contributed by atoms with Gasteiger partial charge >= 0.3 is 0 Å². The molecule has 0 saturated carbocycles. The van der Waals surface area contributed by atoms with Crippen molar-refractivity contribution in [1.82, 2.24) is 0 Å². The lowest BCUT2D eigenvalue weighted by molar-refractivity contribution is 0.0726. The maximum atomic E-state index is 9.75. The van der Waals surface area contributed by atoms with Gasteiger partial charge < -0.3 is 14.9 Å². The van der Waals surface area contributed by atoms with Gasteiger partial charge in [0, 0.05) is 12.5 Å². The highest BCUT2D eigenvalue weighted by Gasteiger charge is 2.45. The Morgan fingerprint density at radius 2 is 2.00 bits per heavy atom. The first kappa shape index (κ1) is 11.6. The zero-order valence-electron chi connectivity index (χ0n) is 9.41. The molecule has 1 aromatic rings. The molecule has 3 heteroatoms. The Kier molecular flexibility index (Phi) is 3.59. The first-order chi connectivity index (χ1) is 7.74. The van der Waals surface area contributed by atoms with Gasteiger partial charge in [-0.2, -0.15) is 0 Å². The molecule has 1 aromatic carbocycles. The number of hydrogen-bond donors (Lipinski definition) is 2. The van der Waals surface area contributed by atoms with Crippen LogP contribution in [-0.2, 0) is 4.74 Å². The van der Waals surface area contributed by atoms with Crippen molar-refractivity contribution in [2.24, 2.45) is 5.92 Å². The van der Waals surface area contributed by atoms with Crippen LogP contribution in [0.15, 0.2) is 30.3 Å². The third-order valence-electron chi connectivity index (χ3n) is 3.20. The highest BCUT2D eigenvalue weighted by molar-refractivity contribution is 5.22. The van der Waals surface area contributed by atoms with E-state index in [9.17, 15) is 5.11 Å². The second-order valence-corrected chi connectivity index (χ2v) is 4.37. The van der Waals surface area contributed by atoms with Crippen LogP contribution in [0.5, 0.6) is 0 Å². The molecule has 1 saturated heterocycles. The molecule has 0 spiro atoms. The van der Waals surface area contributed by atoms with Crippen molar-refractivity contribution in [2.75, 3.05) is 6.61 Å². The van der Waals surface area contributed by atoms with E-state index in [0.717, 1.165) is 5.56 Å². The van der Waals surface area contributed by atoms with Gasteiger partial charge in [-0.25, -0.2) is 0 Å². The van der Waals surface area contributed by atoms with E-state index in [4.69, 9.17) is 9.84 Å². The van der Waals surface area contributed by atoms with Crippen LogP contribution in [0.2, 0.25) is 0 Å². The molecule has 1 aliphatic rings. The summed E-state index contributed by atoms with van der Waals surface area (Å²) < 4.78 is 5.59. The number of ether oxygens (including phenoxy) is 1. The zero-order valence-corrected chi connectivity index (χ0v) is 9.41. The molecule has 3 nitrogen and oxygen atoms in total. The molecule has 0 aromatic heterocycles. The van der Waals surface area contributed by atoms with Crippen LogP contribution in [0.4, 0.5) is 0 Å². The number of epoxide rings is 1. The molecule has 88 valence electrons. The van der Waals surface area contributed by atoms with Crippen LogP contribution >= 0.6 is 0 Å². The molecule has 0 amide bonds. The van der Waals surface area contributed by atoms with Gasteiger partial charge in [0.15, 0.2) is 0 Å². The lowest BCUT2D eigenvalue weighted by Crippen LogP contribution is -2.23. The van der Waals surface area contributed by atoms with Crippen LogP contribution in [0, 0.1) is 5.92 Å². The fraction of sp³-hybridized carbons (Fsp3) is 0.538. The highest BCUT2D eigenvalue weighted by atomic mass is 16.6. The lowest BCUT2D eigenvalue weighted by atomic mass is 9.94. The molecule has 2 rings (SSSR count). The molecule has 1 fully saturated rings. The summed E-state index contributed by atoms with van der Waals surface area (Å²) >= 11 is 0. The molecular formula is C13H18O3. The SMILES string of the molecule is C[C@@H]([C@H]1O[C@@H]1c1ccccc1)[C@@H](O)CCO. The largest absolute Gasteiger partial charge is 0.396 e. The second-order valence-electron chi connectivity index (χ2n) is 4.37. The number of hydrogen-bond acceptors (Lipinski definition) is 3. The monoisotopic (exact) mass is 222 g/mol. The Morgan fingerprint density at radius 1 is 1.31 bits per heavy atom. The zero-order chi connectivity index (χ0) is 11.5. The summed E-state index contributed by atoms with van der Waals surface area (Å²) in [6.07, 6.45) is 0.139. The smallest absolute Gasteiger partial charge is 0.110 e. The molecule has 16 heavy (non-hydrogen) atoms. The number of benzene rings is 1. The Hall–Kier alpha value is -0.900. The Labute approximate surface area is 95.7 Å². The topological polar surface area (TPSA) is 53.0 Å². The maximum absolute atomic E-state index is 9.75. The van der Waals surface area contributed by atoms with E-state index in [-0.39, 0.29) is 24.7 Å². The van der Waals surface area contributed by atoms with Gasteiger partial charge in [0.1, 0.15) is 6.10 Å². The Balaban J connectivity index is 1.91. The van der Waals surface area contributed by atoms with Crippen molar-refractivity contribution in [3.05, 3.63) is 35.9 Å². The van der Waals surface area contributed by atoms with Gasteiger partial charge in [0.05, 0.1) is 12.2 Å². The van der Waals surface area contributed by atoms with Crippen LogP contribution in [0.3, 0.4) is 0 Å². The van der Waals surface area contributed by atoms with E-state index in [1.54, 1.807) is 0 Å². The predicted molar refractivity (Wildman–Crippen MR) is 60.9 cm³/mol. The van der Waals surface area contributed by atoms with Gasteiger partial charge in [-0.05, 0) is 12.0 Å². The average molecular weight is 222 g/mol. The Bertz CT molecular complexity index is 325. The van der Waals surface area contributed by atoms with E-state index in [1.165, 1.54) is 0 Å². The van der Waals surface area contributed by atoms with E-state index >= 15 is 0 Å². The van der Waals surface area contributed by atoms with Crippen molar-refractivity contribution < 1.29 is 14.9 Å². The summed E-state index contributed by atoms with van der Waals surface area (Å²) in [5.41, 5.74) is 1.16. The fourth-order valence-corrected chi connectivity index (χ4v) is 2.05. The van der Waals surface area contributed by atoms with E-state index < -0.39 is 6.10 Å². The lowest BCUT2D eigenvalue weighted by Gasteiger charge is -2.15. The molecule has 2 N–H and O–H groups in total. The normalized spacial score (nSPS) is 27.4. The summed E-state index contributed by atoms with van der Waals surface area (Å²) in [7, 11) is 0.